The minimum absolute atomic E-state index is 0.0384. The summed E-state index contributed by atoms with van der Waals surface area (Å²) >= 11 is 0. The zero-order valence-corrected chi connectivity index (χ0v) is 16.3. The van der Waals surface area contributed by atoms with Crippen molar-refractivity contribution in [2.75, 3.05) is 11.7 Å². The molecule has 6 nitrogen and oxygen atoms in total. The van der Waals surface area contributed by atoms with Gasteiger partial charge in [-0.25, -0.2) is 8.78 Å². The molecule has 0 aromatic heterocycles. The monoisotopic (exact) mass is 424 g/mol. The van der Waals surface area contributed by atoms with Crippen LogP contribution in [-0.4, -0.2) is 17.9 Å². The number of nitrogens with zero attached hydrogens (tertiary/aromatic N) is 1. The number of amides is 1. The lowest BCUT2D eigenvalue weighted by Crippen LogP contribution is -2.33. The largest absolute Gasteiger partial charge is 0.467 e. The van der Waals surface area contributed by atoms with Gasteiger partial charge < -0.3 is 19.6 Å². The molecule has 1 unspecified atom stereocenters. The van der Waals surface area contributed by atoms with Gasteiger partial charge in [-0.2, -0.15) is 5.48 Å². The van der Waals surface area contributed by atoms with E-state index < -0.39 is 23.6 Å². The molecule has 0 aliphatic carbocycles. The van der Waals surface area contributed by atoms with E-state index in [-0.39, 0.29) is 19.9 Å². The number of carbonyl (C=O) groups excluding carboxylic acids is 1. The summed E-state index contributed by atoms with van der Waals surface area (Å²) in [4.78, 5) is 14.6. The molecule has 2 N–H and O–H groups in total. The van der Waals surface area contributed by atoms with Crippen LogP contribution in [0.1, 0.15) is 22.7 Å². The zero-order chi connectivity index (χ0) is 21.5. The molecule has 3 aromatic rings. The van der Waals surface area contributed by atoms with Crippen LogP contribution < -0.4 is 15.1 Å². The van der Waals surface area contributed by atoms with Gasteiger partial charge in [0.15, 0.2) is 6.79 Å². The highest BCUT2D eigenvalue weighted by atomic mass is 19.1. The summed E-state index contributed by atoms with van der Waals surface area (Å²) in [5.41, 5.74) is 5.40. The van der Waals surface area contributed by atoms with Gasteiger partial charge in [0.05, 0.1) is 18.8 Å². The number of rotatable bonds is 4. The molecule has 5 rings (SSSR count). The first-order valence-corrected chi connectivity index (χ1v) is 9.68. The number of hydrogen-bond donors (Lipinski definition) is 2. The first-order valence-electron chi connectivity index (χ1n) is 9.68. The van der Waals surface area contributed by atoms with E-state index in [2.05, 4.69) is 5.48 Å². The Balaban J connectivity index is 1.60. The SMILES string of the molecule is O=C1C(NO)c2c(-c3cccc(F)c3)cccc2N1Cc1cc(F)cc2c1OCOC2. The molecule has 31 heavy (non-hydrogen) atoms. The van der Waals surface area contributed by atoms with Crippen molar-refractivity contribution in [2.45, 2.75) is 19.2 Å². The van der Waals surface area contributed by atoms with E-state index in [0.29, 0.717) is 39.3 Å². The number of nitrogens with one attached hydrogen (secondary N) is 1. The van der Waals surface area contributed by atoms with Crippen LogP contribution >= 0.6 is 0 Å². The molecule has 8 heteroatoms. The molecule has 2 aliphatic heterocycles. The first kappa shape index (κ1) is 19.6. The fourth-order valence-corrected chi connectivity index (χ4v) is 4.22. The normalized spacial score (nSPS) is 17.3. The predicted octanol–water partition coefficient (Wildman–Crippen LogP) is 4.07. The van der Waals surface area contributed by atoms with Crippen molar-refractivity contribution >= 4 is 11.6 Å². The third-order valence-corrected chi connectivity index (χ3v) is 5.52. The fraction of sp³-hybridized carbons (Fsp3) is 0.174. The molecule has 0 spiro atoms. The van der Waals surface area contributed by atoms with Gasteiger partial charge in [-0.3, -0.25) is 4.79 Å². The van der Waals surface area contributed by atoms with Crippen molar-refractivity contribution in [1.29, 1.82) is 0 Å². The lowest BCUT2D eigenvalue weighted by Gasteiger charge is -2.24. The second-order valence-electron chi connectivity index (χ2n) is 7.40. The third kappa shape index (κ3) is 3.34. The van der Waals surface area contributed by atoms with Crippen LogP contribution in [0.25, 0.3) is 11.1 Å². The van der Waals surface area contributed by atoms with Gasteiger partial charge in [-0.1, -0.05) is 24.3 Å². The Morgan fingerprint density at radius 2 is 1.94 bits per heavy atom. The second kappa shape index (κ2) is 7.73. The maximum absolute atomic E-state index is 14.2. The smallest absolute Gasteiger partial charge is 0.251 e. The van der Waals surface area contributed by atoms with Crippen LogP contribution in [0.5, 0.6) is 5.75 Å². The van der Waals surface area contributed by atoms with E-state index >= 15 is 0 Å². The Bertz CT molecular complexity index is 1180. The summed E-state index contributed by atoms with van der Waals surface area (Å²) in [5, 5.41) is 9.76. The van der Waals surface area contributed by atoms with Gasteiger partial charge in [-0.15, -0.1) is 0 Å². The highest BCUT2D eigenvalue weighted by Gasteiger charge is 2.39. The number of benzene rings is 3. The summed E-state index contributed by atoms with van der Waals surface area (Å²) in [6.45, 7) is 0.298. The van der Waals surface area contributed by atoms with Crippen LogP contribution in [0.15, 0.2) is 54.6 Å². The maximum Gasteiger partial charge on any atom is 0.251 e. The van der Waals surface area contributed by atoms with Crippen molar-refractivity contribution in [2.24, 2.45) is 0 Å². The van der Waals surface area contributed by atoms with E-state index in [9.17, 15) is 18.8 Å². The quantitative estimate of drug-likeness (QED) is 0.618. The molecule has 2 aliphatic rings. The van der Waals surface area contributed by atoms with Crippen molar-refractivity contribution < 1.29 is 28.3 Å². The zero-order valence-electron chi connectivity index (χ0n) is 16.3. The molecule has 1 amide bonds. The highest BCUT2D eigenvalue weighted by Crippen LogP contribution is 2.43. The lowest BCUT2D eigenvalue weighted by molar-refractivity contribution is -0.122. The van der Waals surface area contributed by atoms with E-state index in [4.69, 9.17) is 9.47 Å². The van der Waals surface area contributed by atoms with Gasteiger partial charge in [0.1, 0.15) is 23.4 Å². The minimum atomic E-state index is -1.04. The van der Waals surface area contributed by atoms with Crippen molar-refractivity contribution in [1.82, 2.24) is 5.48 Å². The van der Waals surface area contributed by atoms with Crippen molar-refractivity contribution in [3.8, 4) is 16.9 Å². The van der Waals surface area contributed by atoms with Gasteiger partial charge in [0.25, 0.3) is 5.91 Å². The van der Waals surface area contributed by atoms with Gasteiger partial charge in [0, 0.05) is 16.7 Å². The van der Waals surface area contributed by atoms with Crippen LogP contribution in [0.2, 0.25) is 0 Å². The standard InChI is InChI=1S/C23H18F2N2O4/c24-16-4-1-3-13(7-16)18-5-2-6-19-20(18)21(26-29)23(28)27(19)10-14-8-17(25)9-15-11-30-12-31-22(14)15/h1-9,21,26,29H,10-12H2. The maximum atomic E-state index is 14.2. The van der Waals surface area contributed by atoms with Gasteiger partial charge in [0.2, 0.25) is 0 Å². The average molecular weight is 424 g/mol. The number of anilines is 1. The Labute approximate surface area is 176 Å². The highest BCUT2D eigenvalue weighted by molar-refractivity contribution is 6.06. The number of halogens is 2. The fourth-order valence-electron chi connectivity index (χ4n) is 4.22. The molecule has 158 valence electrons. The molecule has 1 atom stereocenters. The Morgan fingerprint density at radius 1 is 1.10 bits per heavy atom. The summed E-state index contributed by atoms with van der Waals surface area (Å²) in [7, 11) is 0. The van der Waals surface area contributed by atoms with E-state index in [0.717, 1.165) is 0 Å². The Kier molecular flexibility index (Phi) is 4.90. The predicted molar refractivity (Wildman–Crippen MR) is 107 cm³/mol. The van der Waals surface area contributed by atoms with E-state index in [1.807, 2.05) is 0 Å². The number of hydroxylamine groups is 1. The number of hydrogen-bond acceptors (Lipinski definition) is 5. The van der Waals surface area contributed by atoms with Crippen molar-refractivity contribution in [3.63, 3.8) is 0 Å². The molecule has 0 radical (unpaired) electrons. The molecule has 0 fully saturated rings. The van der Waals surface area contributed by atoms with Crippen LogP contribution in [-0.2, 0) is 22.7 Å². The molecular formula is C23H18F2N2O4. The number of ether oxygens (including phenoxy) is 2. The first-order chi connectivity index (χ1) is 15.1. The number of carbonyl (C=O) groups is 1. The molecule has 0 saturated carbocycles. The lowest BCUT2D eigenvalue weighted by atomic mass is 9.95. The average Bonchev–Trinajstić information content (AvgIpc) is 3.04. The van der Waals surface area contributed by atoms with Crippen LogP contribution in [0.4, 0.5) is 14.5 Å². The van der Waals surface area contributed by atoms with Crippen molar-refractivity contribution in [3.05, 3.63) is 82.9 Å². The summed E-state index contributed by atoms with van der Waals surface area (Å²) < 4.78 is 38.8. The molecule has 3 aromatic carbocycles. The molecule has 2 heterocycles. The topological polar surface area (TPSA) is 71.0 Å². The van der Waals surface area contributed by atoms with E-state index in [1.165, 1.54) is 29.2 Å². The summed E-state index contributed by atoms with van der Waals surface area (Å²) in [6, 6.07) is 12.9. The van der Waals surface area contributed by atoms with Gasteiger partial charge in [-0.05, 0) is 41.5 Å². The van der Waals surface area contributed by atoms with Crippen LogP contribution in [0, 0.1) is 11.6 Å². The summed E-state index contributed by atoms with van der Waals surface area (Å²) in [5.74, 6) is -0.786. The van der Waals surface area contributed by atoms with Gasteiger partial charge >= 0.3 is 0 Å². The molecular weight excluding hydrogens is 406 g/mol. The minimum Gasteiger partial charge on any atom is -0.467 e. The van der Waals surface area contributed by atoms with Crippen LogP contribution in [0.3, 0.4) is 0 Å². The molecule has 0 bridgehead atoms. The second-order valence-corrected chi connectivity index (χ2v) is 7.40. The summed E-state index contributed by atoms with van der Waals surface area (Å²) in [6.07, 6.45) is 0. The Hall–Kier alpha value is -3.33. The number of fused-ring (bicyclic) bond motifs is 2. The Morgan fingerprint density at radius 3 is 2.74 bits per heavy atom. The van der Waals surface area contributed by atoms with E-state index in [1.54, 1.807) is 30.3 Å². The molecule has 0 saturated heterocycles. The third-order valence-electron chi connectivity index (χ3n) is 5.52.